The molecule has 0 unspecified atom stereocenters. The summed E-state index contributed by atoms with van der Waals surface area (Å²) in [5.41, 5.74) is 2.20. The molecule has 3 rings (SSSR count). The lowest BCUT2D eigenvalue weighted by molar-refractivity contribution is 0.389. The van der Waals surface area contributed by atoms with Crippen molar-refractivity contribution in [3.8, 4) is 5.75 Å². The molecule has 0 aliphatic carbocycles. The molecule has 0 radical (unpaired) electrons. The van der Waals surface area contributed by atoms with Crippen LogP contribution in [0.25, 0.3) is 0 Å². The number of hydrogen-bond acceptors (Lipinski definition) is 5. The van der Waals surface area contributed by atoms with Gasteiger partial charge in [0, 0.05) is 18.8 Å². The standard InChI is InChI=1S/C13H14N2O4S2/c1-8-12(20-13(17)14-8)21(18,19)15-5-4-9-2-3-11(16)6-10(9)7-15/h2-3,6,16H,4-5,7H2,1H3,(H,14,17). The number of H-pyrrole nitrogens is 1. The molecule has 2 heterocycles. The molecule has 0 fully saturated rings. The quantitative estimate of drug-likeness (QED) is 0.867. The number of nitrogens with zero attached hydrogens (tertiary/aromatic N) is 1. The van der Waals surface area contributed by atoms with Gasteiger partial charge in [-0.05, 0) is 36.6 Å². The van der Waals surface area contributed by atoms with Crippen LogP contribution in [0, 0.1) is 6.92 Å². The van der Waals surface area contributed by atoms with E-state index in [4.69, 9.17) is 0 Å². The molecule has 8 heteroatoms. The van der Waals surface area contributed by atoms with Crippen molar-refractivity contribution in [2.24, 2.45) is 0 Å². The van der Waals surface area contributed by atoms with Gasteiger partial charge in [0.2, 0.25) is 0 Å². The first kappa shape index (κ1) is 14.3. The van der Waals surface area contributed by atoms with Crippen molar-refractivity contribution in [1.29, 1.82) is 0 Å². The fraction of sp³-hybridized carbons (Fsp3) is 0.308. The summed E-state index contributed by atoms with van der Waals surface area (Å²) >= 11 is 0.709. The van der Waals surface area contributed by atoms with E-state index in [-0.39, 0.29) is 21.4 Å². The van der Waals surface area contributed by atoms with E-state index >= 15 is 0 Å². The fourth-order valence-corrected chi connectivity index (χ4v) is 5.33. The van der Waals surface area contributed by atoms with Crippen molar-refractivity contribution in [2.75, 3.05) is 6.54 Å². The summed E-state index contributed by atoms with van der Waals surface area (Å²) in [7, 11) is -3.69. The Balaban J connectivity index is 1.99. The van der Waals surface area contributed by atoms with Gasteiger partial charge in [0.05, 0.1) is 0 Å². The van der Waals surface area contributed by atoms with Crippen LogP contribution in [0.2, 0.25) is 0 Å². The molecule has 1 aliphatic rings. The third-order valence-electron chi connectivity index (χ3n) is 3.52. The molecule has 112 valence electrons. The van der Waals surface area contributed by atoms with Crippen LogP contribution in [0.3, 0.4) is 0 Å². The van der Waals surface area contributed by atoms with E-state index in [1.165, 1.54) is 4.31 Å². The van der Waals surface area contributed by atoms with E-state index < -0.39 is 10.0 Å². The van der Waals surface area contributed by atoms with Crippen molar-refractivity contribution >= 4 is 21.4 Å². The van der Waals surface area contributed by atoms with Gasteiger partial charge in [-0.1, -0.05) is 17.4 Å². The van der Waals surface area contributed by atoms with E-state index in [0.717, 1.165) is 11.1 Å². The lowest BCUT2D eigenvalue weighted by Gasteiger charge is -2.27. The third kappa shape index (κ3) is 2.50. The number of benzene rings is 1. The van der Waals surface area contributed by atoms with Crippen LogP contribution < -0.4 is 4.87 Å². The Kier molecular flexibility index (Phi) is 3.39. The molecular weight excluding hydrogens is 312 g/mol. The van der Waals surface area contributed by atoms with Gasteiger partial charge >= 0.3 is 4.87 Å². The normalized spacial score (nSPS) is 15.9. The van der Waals surface area contributed by atoms with Gasteiger partial charge in [-0.25, -0.2) is 8.42 Å². The summed E-state index contributed by atoms with van der Waals surface area (Å²) in [6, 6.07) is 5.00. The highest BCUT2D eigenvalue weighted by Gasteiger charge is 2.31. The molecule has 21 heavy (non-hydrogen) atoms. The van der Waals surface area contributed by atoms with Crippen molar-refractivity contribution in [3.63, 3.8) is 0 Å². The summed E-state index contributed by atoms with van der Waals surface area (Å²) < 4.78 is 26.7. The Morgan fingerprint density at radius 2 is 2.10 bits per heavy atom. The second-order valence-corrected chi connectivity index (χ2v) is 8.08. The van der Waals surface area contributed by atoms with E-state index in [0.29, 0.717) is 30.0 Å². The Morgan fingerprint density at radius 1 is 1.33 bits per heavy atom. The number of phenols is 1. The van der Waals surface area contributed by atoms with Gasteiger partial charge < -0.3 is 10.1 Å². The predicted octanol–water partition coefficient (Wildman–Crippen LogP) is 1.20. The molecule has 6 nitrogen and oxygen atoms in total. The van der Waals surface area contributed by atoms with Gasteiger partial charge in [-0.2, -0.15) is 4.31 Å². The number of nitrogens with one attached hydrogen (secondary N) is 1. The van der Waals surface area contributed by atoms with Crippen molar-refractivity contribution in [1.82, 2.24) is 9.29 Å². The molecule has 0 saturated carbocycles. The average molecular weight is 326 g/mol. The zero-order chi connectivity index (χ0) is 15.2. The maximum atomic E-state index is 12.6. The van der Waals surface area contributed by atoms with Gasteiger partial charge in [-0.15, -0.1) is 0 Å². The van der Waals surface area contributed by atoms with Crippen LogP contribution >= 0.6 is 11.3 Å². The Bertz CT molecular complexity index is 851. The van der Waals surface area contributed by atoms with Crippen LogP contribution in [0.15, 0.2) is 27.2 Å². The summed E-state index contributed by atoms with van der Waals surface area (Å²) in [4.78, 5) is 13.5. The van der Waals surface area contributed by atoms with Crippen LogP contribution in [0.4, 0.5) is 0 Å². The minimum Gasteiger partial charge on any atom is -0.508 e. The van der Waals surface area contributed by atoms with Gasteiger partial charge in [0.1, 0.15) is 5.75 Å². The molecule has 2 aromatic rings. The molecule has 1 aromatic carbocycles. The Labute approximate surface area is 125 Å². The van der Waals surface area contributed by atoms with E-state index in [1.807, 2.05) is 6.07 Å². The van der Waals surface area contributed by atoms with Crippen LogP contribution in [0.5, 0.6) is 5.75 Å². The maximum absolute atomic E-state index is 12.6. The number of rotatable bonds is 2. The van der Waals surface area contributed by atoms with Crippen molar-refractivity contribution in [2.45, 2.75) is 24.1 Å². The van der Waals surface area contributed by atoms with E-state index in [1.54, 1.807) is 19.1 Å². The third-order valence-corrected chi connectivity index (χ3v) is 6.95. The first-order valence-electron chi connectivity index (χ1n) is 6.38. The van der Waals surface area contributed by atoms with Crippen LogP contribution in [-0.2, 0) is 23.0 Å². The molecule has 2 N–H and O–H groups in total. The van der Waals surface area contributed by atoms with Gasteiger partial charge in [0.25, 0.3) is 10.0 Å². The monoisotopic (exact) mass is 326 g/mol. The minimum absolute atomic E-state index is 0.0658. The maximum Gasteiger partial charge on any atom is 0.305 e. The fourth-order valence-electron chi connectivity index (χ4n) is 2.48. The molecule has 1 aliphatic heterocycles. The summed E-state index contributed by atoms with van der Waals surface area (Å²) in [5.74, 6) is 0.121. The zero-order valence-electron chi connectivity index (χ0n) is 11.3. The number of fused-ring (bicyclic) bond motifs is 1. The number of aromatic hydroxyl groups is 1. The molecule has 0 bridgehead atoms. The SMILES string of the molecule is Cc1[nH]c(=O)sc1S(=O)(=O)N1CCc2ccc(O)cc2C1. The Hall–Kier alpha value is -1.64. The van der Waals surface area contributed by atoms with E-state index in [2.05, 4.69) is 4.98 Å². The van der Waals surface area contributed by atoms with E-state index in [9.17, 15) is 18.3 Å². The molecule has 0 spiro atoms. The highest BCUT2D eigenvalue weighted by atomic mass is 32.2. The van der Waals surface area contributed by atoms with Gasteiger partial charge in [0.15, 0.2) is 4.21 Å². The smallest absolute Gasteiger partial charge is 0.305 e. The topological polar surface area (TPSA) is 90.5 Å². The lowest BCUT2D eigenvalue weighted by atomic mass is 10.0. The van der Waals surface area contributed by atoms with Crippen molar-refractivity contribution < 1.29 is 13.5 Å². The number of phenolic OH excluding ortho intramolecular Hbond substituents is 1. The molecule has 0 atom stereocenters. The molecule has 0 amide bonds. The molecular formula is C13H14N2O4S2. The number of aromatic nitrogens is 1. The van der Waals surface area contributed by atoms with Gasteiger partial charge in [-0.3, -0.25) is 4.79 Å². The van der Waals surface area contributed by atoms with Crippen LogP contribution in [0.1, 0.15) is 16.8 Å². The summed E-state index contributed by atoms with van der Waals surface area (Å²) in [6.07, 6.45) is 0.590. The molecule has 1 aromatic heterocycles. The number of aromatic amines is 1. The number of hydrogen-bond donors (Lipinski definition) is 2. The first-order valence-corrected chi connectivity index (χ1v) is 8.64. The highest BCUT2D eigenvalue weighted by Crippen LogP contribution is 2.28. The summed E-state index contributed by atoms with van der Waals surface area (Å²) in [6.45, 7) is 2.15. The van der Waals surface area contributed by atoms with Crippen LogP contribution in [-0.4, -0.2) is 29.4 Å². The number of sulfonamides is 1. The predicted molar refractivity (Wildman–Crippen MR) is 79.1 cm³/mol. The Morgan fingerprint density at radius 3 is 2.76 bits per heavy atom. The second-order valence-electron chi connectivity index (χ2n) is 4.97. The minimum atomic E-state index is -3.69. The lowest BCUT2D eigenvalue weighted by Crippen LogP contribution is -2.35. The first-order chi connectivity index (χ1) is 9.88. The number of aryl methyl sites for hydroxylation is 1. The summed E-state index contributed by atoms with van der Waals surface area (Å²) in [5, 5.41) is 9.53. The zero-order valence-corrected chi connectivity index (χ0v) is 12.9. The average Bonchev–Trinajstić information content (AvgIpc) is 2.77. The highest BCUT2D eigenvalue weighted by molar-refractivity contribution is 7.91. The van der Waals surface area contributed by atoms with Crippen molar-refractivity contribution in [3.05, 3.63) is 44.7 Å². The molecule has 0 saturated heterocycles. The number of thiazole rings is 1. The largest absolute Gasteiger partial charge is 0.508 e. The second kappa shape index (κ2) is 4.97.